The van der Waals surface area contributed by atoms with Crippen molar-refractivity contribution in [3.63, 3.8) is 0 Å². The minimum absolute atomic E-state index is 0.0672. The largest absolute Gasteiger partial charge is 0.504 e. The summed E-state index contributed by atoms with van der Waals surface area (Å²) in [5.74, 6) is 1.22. The number of carbonyl (C=O) groups excluding carboxylic acids is 1. The third-order valence-electron chi connectivity index (χ3n) is 7.77. The van der Waals surface area contributed by atoms with Gasteiger partial charge in [-0.25, -0.2) is 0 Å². The van der Waals surface area contributed by atoms with Crippen LogP contribution in [0.1, 0.15) is 57.1 Å². The lowest BCUT2D eigenvalue weighted by molar-refractivity contribution is -0.173. The van der Waals surface area contributed by atoms with Crippen LogP contribution in [0.2, 0.25) is 0 Å². The molecule has 3 fully saturated rings. The zero-order valence-corrected chi connectivity index (χ0v) is 17.5. The number of methoxy groups -OCH3 is 1. The van der Waals surface area contributed by atoms with Crippen LogP contribution in [0, 0.1) is 18.8 Å². The van der Waals surface area contributed by atoms with E-state index < -0.39 is 11.0 Å². The van der Waals surface area contributed by atoms with E-state index in [9.17, 15) is 15.0 Å². The van der Waals surface area contributed by atoms with Crippen molar-refractivity contribution in [1.29, 1.82) is 0 Å². The van der Waals surface area contributed by atoms with Gasteiger partial charge in [-0.05, 0) is 63.6 Å². The highest BCUT2D eigenvalue weighted by molar-refractivity contribution is 5.84. The van der Waals surface area contributed by atoms with Gasteiger partial charge in [-0.2, -0.15) is 0 Å². The fourth-order valence-corrected chi connectivity index (χ4v) is 5.86. The number of likely N-dealkylation sites (tertiary alicyclic amines) is 1. The van der Waals surface area contributed by atoms with Gasteiger partial charge >= 0.3 is 0 Å². The van der Waals surface area contributed by atoms with Gasteiger partial charge in [-0.15, -0.1) is 0 Å². The van der Waals surface area contributed by atoms with Gasteiger partial charge < -0.3 is 14.9 Å². The Kier molecular flexibility index (Phi) is 4.74. The van der Waals surface area contributed by atoms with Crippen LogP contribution in [-0.2, 0) is 10.2 Å². The number of hydrogen-bond acceptors (Lipinski definition) is 5. The first-order valence-electron chi connectivity index (χ1n) is 10.6. The van der Waals surface area contributed by atoms with Crippen molar-refractivity contribution >= 4 is 5.78 Å². The fourth-order valence-electron chi connectivity index (χ4n) is 5.86. The molecule has 1 aromatic carbocycles. The summed E-state index contributed by atoms with van der Waals surface area (Å²) >= 11 is 0. The average molecular weight is 388 g/mol. The van der Waals surface area contributed by atoms with Gasteiger partial charge in [0.25, 0.3) is 0 Å². The number of ether oxygens (including phenoxy) is 1. The Hall–Kier alpha value is -1.59. The number of benzene rings is 1. The molecule has 0 radical (unpaired) electrons. The fraction of sp³-hybridized carbons (Fsp3) is 0.696. The topological polar surface area (TPSA) is 70.0 Å². The molecule has 0 aromatic heterocycles. The molecule has 1 aromatic rings. The summed E-state index contributed by atoms with van der Waals surface area (Å²) in [6.45, 7) is 7.83. The number of phenols is 1. The van der Waals surface area contributed by atoms with Crippen LogP contribution in [0.5, 0.6) is 11.5 Å². The molecule has 154 valence electrons. The first kappa shape index (κ1) is 19.7. The Balaban J connectivity index is 1.85. The quantitative estimate of drug-likeness (QED) is 0.830. The van der Waals surface area contributed by atoms with Crippen molar-refractivity contribution in [2.24, 2.45) is 11.8 Å². The van der Waals surface area contributed by atoms with Crippen molar-refractivity contribution in [2.75, 3.05) is 20.2 Å². The zero-order valence-electron chi connectivity index (χ0n) is 17.5. The van der Waals surface area contributed by atoms with Crippen molar-refractivity contribution < 1.29 is 19.7 Å². The number of Topliss-reactive ketones (excluding diaryl/α,β-unsaturated/α-hetero) is 1. The Morgan fingerprint density at radius 2 is 2.00 bits per heavy atom. The summed E-state index contributed by atoms with van der Waals surface area (Å²) in [7, 11) is 1.53. The van der Waals surface area contributed by atoms with E-state index in [4.69, 9.17) is 4.74 Å². The molecular weight excluding hydrogens is 354 g/mol. The molecule has 0 amide bonds. The Morgan fingerprint density at radius 1 is 1.29 bits per heavy atom. The van der Waals surface area contributed by atoms with Gasteiger partial charge in [0.15, 0.2) is 11.5 Å². The van der Waals surface area contributed by atoms with Crippen LogP contribution < -0.4 is 4.74 Å². The van der Waals surface area contributed by atoms with Gasteiger partial charge in [0, 0.05) is 35.9 Å². The van der Waals surface area contributed by atoms with Crippen LogP contribution in [0.3, 0.4) is 0 Å². The van der Waals surface area contributed by atoms with Gasteiger partial charge in [-0.3, -0.25) is 9.69 Å². The summed E-state index contributed by atoms with van der Waals surface area (Å²) in [4.78, 5) is 15.3. The molecule has 1 saturated heterocycles. The molecule has 0 bridgehead atoms. The maximum atomic E-state index is 12.9. The molecule has 5 heteroatoms. The normalized spacial score (nSPS) is 36.2. The van der Waals surface area contributed by atoms with Gasteiger partial charge in [0.2, 0.25) is 0 Å². The highest BCUT2D eigenvalue weighted by Crippen LogP contribution is 2.58. The number of aliphatic hydroxyl groups is 1. The van der Waals surface area contributed by atoms with E-state index in [1.54, 1.807) is 6.07 Å². The molecular formula is C23H33NO4. The molecule has 2 aliphatic carbocycles. The third-order valence-corrected chi connectivity index (χ3v) is 7.77. The van der Waals surface area contributed by atoms with Crippen LogP contribution >= 0.6 is 0 Å². The van der Waals surface area contributed by atoms with E-state index in [0.717, 1.165) is 24.6 Å². The van der Waals surface area contributed by atoms with Crippen molar-refractivity contribution in [3.05, 3.63) is 23.3 Å². The Bertz CT molecular complexity index is 789. The smallest absolute Gasteiger partial charge is 0.161 e. The Labute approximate surface area is 167 Å². The predicted octanol–water partition coefficient (Wildman–Crippen LogP) is 3.18. The molecule has 4 atom stereocenters. The second-order valence-electron chi connectivity index (χ2n) is 9.43. The van der Waals surface area contributed by atoms with Crippen molar-refractivity contribution in [3.8, 4) is 11.5 Å². The third kappa shape index (κ3) is 2.78. The van der Waals surface area contributed by atoms with E-state index in [0.29, 0.717) is 24.2 Å². The first-order valence-corrected chi connectivity index (χ1v) is 10.6. The molecule has 1 heterocycles. The molecule has 4 rings (SSSR count). The van der Waals surface area contributed by atoms with E-state index in [2.05, 4.69) is 11.8 Å². The molecule has 5 nitrogen and oxygen atoms in total. The number of aromatic hydroxyl groups is 1. The van der Waals surface area contributed by atoms with E-state index in [1.165, 1.54) is 20.0 Å². The molecule has 2 saturated carbocycles. The van der Waals surface area contributed by atoms with Gasteiger partial charge in [0.05, 0.1) is 12.7 Å². The SMILES string of the molecule is COc1ccc(C)c(C23CCN(CC4CC4)C(C)C2(O)CC(C)C(=O)C3)c1O. The number of aryl methyl sites for hydroxylation is 1. The van der Waals surface area contributed by atoms with Crippen LogP contribution in [0.4, 0.5) is 0 Å². The number of rotatable bonds is 4. The number of nitrogens with zero attached hydrogens (tertiary/aromatic N) is 1. The number of ketones is 1. The molecule has 0 spiro atoms. The maximum Gasteiger partial charge on any atom is 0.161 e. The molecule has 3 aliphatic rings. The summed E-state index contributed by atoms with van der Waals surface area (Å²) in [6.07, 6.45) is 3.92. The lowest BCUT2D eigenvalue weighted by Gasteiger charge is -2.61. The second-order valence-corrected chi connectivity index (χ2v) is 9.43. The lowest BCUT2D eigenvalue weighted by Crippen LogP contribution is -2.71. The van der Waals surface area contributed by atoms with Crippen molar-refractivity contribution in [2.45, 2.75) is 69.9 Å². The summed E-state index contributed by atoms with van der Waals surface area (Å²) in [6, 6.07) is 3.61. The lowest BCUT2D eigenvalue weighted by atomic mass is 9.51. The number of hydrogen-bond donors (Lipinski definition) is 2. The molecule has 2 N–H and O–H groups in total. The Morgan fingerprint density at radius 3 is 2.64 bits per heavy atom. The van der Waals surface area contributed by atoms with Gasteiger partial charge in [-0.1, -0.05) is 13.0 Å². The minimum atomic E-state index is -1.07. The number of fused-ring (bicyclic) bond motifs is 1. The standard InChI is InChI=1S/C23H33NO4/c1-14-5-8-19(28-4)21(26)20(14)22-9-10-24(13-17-6-7-17)16(3)23(22,27)11-15(2)18(25)12-22/h5,8,15-17,26-27H,6-7,9-13H2,1-4H3. The number of phenolic OH excluding ortho intramolecular Hbond substituents is 1. The number of piperidine rings is 1. The van der Waals surface area contributed by atoms with Crippen LogP contribution in [0.25, 0.3) is 0 Å². The predicted molar refractivity (Wildman–Crippen MR) is 108 cm³/mol. The minimum Gasteiger partial charge on any atom is -0.504 e. The van der Waals surface area contributed by atoms with Crippen molar-refractivity contribution in [1.82, 2.24) is 4.90 Å². The van der Waals surface area contributed by atoms with E-state index >= 15 is 0 Å². The highest BCUT2D eigenvalue weighted by atomic mass is 16.5. The molecule has 4 unspecified atom stereocenters. The van der Waals surface area contributed by atoms with Crippen LogP contribution in [0.15, 0.2) is 12.1 Å². The zero-order chi connectivity index (χ0) is 20.3. The van der Waals surface area contributed by atoms with Gasteiger partial charge in [0.1, 0.15) is 5.78 Å². The molecule has 28 heavy (non-hydrogen) atoms. The number of carbonyl (C=O) groups is 1. The highest BCUT2D eigenvalue weighted by Gasteiger charge is 2.63. The molecule has 1 aliphatic heterocycles. The summed E-state index contributed by atoms with van der Waals surface area (Å²) in [5, 5.41) is 23.3. The van der Waals surface area contributed by atoms with Crippen LogP contribution in [-0.4, -0.2) is 52.7 Å². The van der Waals surface area contributed by atoms with E-state index in [1.807, 2.05) is 19.9 Å². The maximum absolute atomic E-state index is 12.9. The summed E-state index contributed by atoms with van der Waals surface area (Å²) < 4.78 is 5.37. The summed E-state index contributed by atoms with van der Waals surface area (Å²) in [5.41, 5.74) is -0.240. The van der Waals surface area contributed by atoms with E-state index in [-0.39, 0.29) is 29.9 Å². The average Bonchev–Trinajstić information content (AvgIpc) is 3.46. The first-order chi connectivity index (χ1) is 13.2. The monoisotopic (exact) mass is 387 g/mol. The second kappa shape index (κ2) is 6.74.